The summed E-state index contributed by atoms with van der Waals surface area (Å²) in [7, 11) is 0. The minimum atomic E-state index is -0.610. The summed E-state index contributed by atoms with van der Waals surface area (Å²) in [6.07, 6.45) is 1.35. The molecule has 2 aliphatic heterocycles. The van der Waals surface area contributed by atoms with Crippen LogP contribution in [0.5, 0.6) is 0 Å². The van der Waals surface area contributed by atoms with Gasteiger partial charge in [-0.1, -0.05) is 38.1 Å². The zero-order valence-corrected chi connectivity index (χ0v) is 18.7. The number of ether oxygens (including phenoxy) is 1. The first-order valence-corrected chi connectivity index (χ1v) is 11.7. The Labute approximate surface area is 186 Å². The van der Waals surface area contributed by atoms with E-state index in [2.05, 4.69) is 13.8 Å². The predicted octanol–water partition coefficient (Wildman–Crippen LogP) is 4.01. The van der Waals surface area contributed by atoms with Crippen molar-refractivity contribution in [3.05, 3.63) is 58.3 Å². The van der Waals surface area contributed by atoms with Gasteiger partial charge in [0.2, 0.25) is 0 Å². The Hall–Kier alpha value is -2.67. The van der Waals surface area contributed by atoms with Gasteiger partial charge in [-0.15, -0.1) is 11.3 Å². The molecule has 2 aromatic rings. The third-order valence-electron chi connectivity index (χ3n) is 5.95. The maximum atomic E-state index is 13.1. The van der Waals surface area contributed by atoms with E-state index in [4.69, 9.17) is 4.74 Å². The third kappa shape index (κ3) is 4.66. The Morgan fingerprint density at radius 1 is 1.13 bits per heavy atom. The molecule has 2 aliphatic rings. The van der Waals surface area contributed by atoms with Gasteiger partial charge in [0, 0.05) is 23.4 Å². The van der Waals surface area contributed by atoms with Crippen molar-refractivity contribution in [2.24, 2.45) is 5.92 Å². The summed E-state index contributed by atoms with van der Waals surface area (Å²) in [5.41, 5.74) is 0.560. The maximum absolute atomic E-state index is 13.1. The van der Waals surface area contributed by atoms with E-state index in [9.17, 15) is 14.4 Å². The summed E-state index contributed by atoms with van der Waals surface area (Å²) in [6.45, 7) is 4.67. The third-order valence-corrected chi connectivity index (χ3v) is 6.85. The lowest BCUT2D eigenvalue weighted by Gasteiger charge is -2.26. The smallest absolute Gasteiger partial charge is 0.410 e. The highest BCUT2D eigenvalue weighted by Crippen LogP contribution is 2.32. The summed E-state index contributed by atoms with van der Waals surface area (Å²) in [5.74, 6) is 0.130. The van der Waals surface area contributed by atoms with E-state index in [0.29, 0.717) is 30.9 Å². The average Bonchev–Trinajstić information content (AvgIpc) is 3.46. The predicted molar refractivity (Wildman–Crippen MR) is 119 cm³/mol. The standard InChI is InChI=1S/C24H28N2O4S/c1-16(2)13-18(14-19-9-6-12-31-19)30-24(29)25-11-10-20-22(25)21(27)15-26(20)23(28)17-7-4-3-5-8-17/h3-9,12,16,18,20,22H,10-11,13-15H2,1-2H3/t18?,20-,22+/m1/s1. The molecule has 4 rings (SSSR count). The van der Waals surface area contributed by atoms with Crippen molar-refractivity contribution >= 4 is 29.1 Å². The minimum Gasteiger partial charge on any atom is -0.446 e. The van der Waals surface area contributed by atoms with Crippen LogP contribution in [0.1, 0.15) is 41.9 Å². The van der Waals surface area contributed by atoms with Crippen LogP contribution in [0.4, 0.5) is 4.79 Å². The Morgan fingerprint density at radius 3 is 2.58 bits per heavy atom. The Bertz CT molecular complexity index is 928. The lowest BCUT2D eigenvalue weighted by atomic mass is 10.0. The van der Waals surface area contributed by atoms with Gasteiger partial charge in [0.05, 0.1) is 12.6 Å². The molecule has 2 fully saturated rings. The van der Waals surface area contributed by atoms with Gasteiger partial charge >= 0.3 is 6.09 Å². The average molecular weight is 441 g/mol. The largest absolute Gasteiger partial charge is 0.446 e. The molecule has 0 bridgehead atoms. The molecule has 31 heavy (non-hydrogen) atoms. The molecule has 2 saturated heterocycles. The number of likely N-dealkylation sites (tertiary alicyclic amines) is 2. The van der Waals surface area contributed by atoms with Crippen molar-refractivity contribution in [2.75, 3.05) is 13.1 Å². The number of carbonyl (C=O) groups is 3. The van der Waals surface area contributed by atoms with Crippen LogP contribution in [0.25, 0.3) is 0 Å². The molecule has 1 aromatic heterocycles. The molecule has 164 valence electrons. The summed E-state index contributed by atoms with van der Waals surface area (Å²) >= 11 is 1.65. The molecule has 1 unspecified atom stereocenters. The highest BCUT2D eigenvalue weighted by molar-refractivity contribution is 7.09. The number of nitrogens with zero attached hydrogens (tertiary/aromatic N) is 2. The minimum absolute atomic E-state index is 0.0391. The number of thiophene rings is 1. The Balaban J connectivity index is 1.45. The molecular weight excluding hydrogens is 412 g/mol. The molecule has 1 aromatic carbocycles. The second-order valence-electron chi connectivity index (χ2n) is 8.68. The fraction of sp³-hybridized carbons (Fsp3) is 0.458. The number of Topliss-reactive ketones (excluding diaryl/α,β-unsaturated/α-hetero) is 1. The van der Waals surface area contributed by atoms with Crippen molar-refractivity contribution in [3.8, 4) is 0 Å². The topological polar surface area (TPSA) is 66.9 Å². The highest BCUT2D eigenvalue weighted by Gasteiger charge is 2.52. The first kappa shape index (κ1) is 21.6. The summed E-state index contributed by atoms with van der Waals surface area (Å²) in [5, 5.41) is 2.02. The number of benzene rings is 1. The van der Waals surface area contributed by atoms with Gasteiger partial charge in [0.15, 0.2) is 5.78 Å². The van der Waals surface area contributed by atoms with E-state index >= 15 is 0 Å². The van der Waals surface area contributed by atoms with Gasteiger partial charge in [0.25, 0.3) is 5.91 Å². The van der Waals surface area contributed by atoms with Crippen molar-refractivity contribution < 1.29 is 19.1 Å². The van der Waals surface area contributed by atoms with Gasteiger partial charge in [-0.2, -0.15) is 0 Å². The van der Waals surface area contributed by atoms with E-state index in [0.717, 1.165) is 6.42 Å². The van der Waals surface area contributed by atoms with Crippen LogP contribution in [0, 0.1) is 5.92 Å². The normalized spacial score (nSPS) is 21.5. The van der Waals surface area contributed by atoms with Crippen molar-refractivity contribution in [1.29, 1.82) is 0 Å². The first-order valence-electron chi connectivity index (χ1n) is 10.8. The number of hydrogen-bond acceptors (Lipinski definition) is 5. The van der Waals surface area contributed by atoms with Crippen LogP contribution >= 0.6 is 11.3 Å². The van der Waals surface area contributed by atoms with Gasteiger partial charge in [-0.25, -0.2) is 4.79 Å². The maximum Gasteiger partial charge on any atom is 0.410 e. The SMILES string of the molecule is CC(C)CC(Cc1cccs1)OC(=O)N1CC[C@@H]2[C@H]1C(=O)CN2C(=O)c1ccccc1. The molecule has 7 heteroatoms. The van der Waals surface area contributed by atoms with Crippen molar-refractivity contribution in [3.63, 3.8) is 0 Å². The van der Waals surface area contributed by atoms with E-state index in [1.165, 1.54) is 9.78 Å². The van der Waals surface area contributed by atoms with E-state index in [1.807, 2.05) is 35.7 Å². The van der Waals surface area contributed by atoms with E-state index in [1.54, 1.807) is 28.4 Å². The summed E-state index contributed by atoms with van der Waals surface area (Å²) < 4.78 is 5.89. The molecule has 0 N–H and O–H groups in total. The van der Waals surface area contributed by atoms with Crippen LogP contribution < -0.4 is 0 Å². The van der Waals surface area contributed by atoms with E-state index < -0.39 is 12.1 Å². The molecule has 0 saturated carbocycles. The van der Waals surface area contributed by atoms with E-state index in [-0.39, 0.29) is 30.4 Å². The number of ketones is 1. The first-order chi connectivity index (χ1) is 14.9. The van der Waals surface area contributed by atoms with Gasteiger partial charge in [0.1, 0.15) is 12.1 Å². The molecule has 2 amide bonds. The summed E-state index contributed by atoms with van der Waals surface area (Å²) in [6, 6.07) is 12.1. The zero-order chi connectivity index (χ0) is 22.0. The van der Waals surface area contributed by atoms with Gasteiger partial charge < -0.3 is 9.64 Å². The number of carbonyl (C=O) groups excluding carboxylic acids is 3. The van der Waals surface area contributed by atoms with Crippen LogP contribution in [0.3, 0.4) is 0 Å². The lowest BCUT2D eigenvalue weighted by molar-refractivity contribution is -0.120. The number of rotatable bonds is 6. The zero-order valence-electron chi connectivity index (χ0n) is 17.9. The van der Waals surface area contributed by atoms with Crippen LogP contribution in [0.15, 0.2) is 47.8 Å². The molecular formula is C24H28N2O4S. The fourth-order valence-corrected chi connectivity index (χ4v) is 5.38. The second-order valence-corrected chi connectivity index (χ2v) is 9.71. The van der Waals surface area contributed by atoms with Crippen LogP contribution in [0.2, 0.25) is 0 Å². The van der Waals surface area contributed by atoms with Crippen LogP contribution in [-0.4, -0.2) is 58.9 Å². The molecule has 6 nitrogen and oxygen atoms in total. The quantitative estimate of drug-likeness (QED) is 0.681. The Kier molecular flexibility index (Phi) is 6.41. The summed E-state index contributed by atoms with van der Waals surface area (Å²) in [4.78, 5) is 43.1. The molecule has 3 heterocycles. The molecule has 0 spiro atoms. The molecule has 3 atom stereocenters. The lowest BCUT2D eigenvalue weighted by Crippen LogP contribution is -2.44. The monoisotopic (exact) mass is 440 g/mol. The van der Waals surface area contributed by atoms with Gasteiger partial charge in [-0.3, -0.25) is 14.5 Å². The fourth-order valence-electron chi connectivity index (χ4n) is 4.61. The molecule has 0 aliphatic carbocycles. The van der Waals surface area contributed by atoms with Crippen molar-refractivity contribution in [2.45, 2.75) is 51.3 Å². The number of amides is 2. The van der Waals surface area contributed by atoms with Gasteiger partial charge in [-0.05, 0) is 42.3 Å². The Morgan fingerprint density at radius 2 is 1.90 bits per heavy atom. The molecule has 0 radical (unpaired) electrons. The number of hydrogen-bond donors (Lipinski definition) is 0. The second kappa shape index (κ2) is 9.22. The highest BCUT2D eigenvalue weighted by atomic mass is 32.1. The van der Waals surface area contributed by atoms with Crippen LogP contribution in [-0.2, 0) is 16.0 Å². The van der Waals surface area contributed by atoms with Crippen molar-refractivity contribution in [1.82, 2.24) is 9.80 Å². The number of fused-ring (bicyclic) bond motifs is 1.